The first kappa shape index (κ1) is 10.9. The van der Waals surface area contributed by atoms with Crippen LogP contribution in [0.3, 0.4) is 0 Å². The summed E-state index contributed by atoms with van der Waals surface area (Å²) in [4.78, 5) is 10.6. The molecule has 0 aliphatic heterocycles. The Hall–Kier alpha value is -1.14. The van der Waals surface area contributed by atoms with Gasteiger partial charge in [0.2, 0.25) is 0 Å². The summed E-state index contributed by atoms with van der Waals surface area (Å²) >= 11 is 3.14. The fourth-order valence-electron chi connectivity index (χ4n) is 1.11. The van der Waals surface area contributed by atoms with E-state index in [-0.39, 0.29) is 5.56 Å². The number of hydrogen-bond donors (Lipinski definition) is 0. The number of aryl methyl sites for hydroxylation is 1. The molecule has 3 heteroatoms. The molecule has 0 spiro atoms. The number of alkyl halides is 1. The van der Waals surface area contributed by atoms with Crippen LogP contribution < -0.4 is 0 Å². The van der Waals surface area contributed by atoms with Gasteiger partial charge in [0.25, 0.3) is 0 Å². The molecule has 0 saturated heterocycles. The summed E-state index contributed by atoms with van der Waals surface area (Å²) < 4.78 is 13.1. The number of halogens is 2. The van der Waals surface area contributed by atoms with Crippen molar-refractivity contribution in [3.63, 3.8) is 0 Å². The van der Waals surface area contributed by atoms with Crippen molar-refractivity contribution in [2.75, 3.05) is 5.33 Å². The van der Waals surface area contributed by atoms with Crippen LogP contribution in [0.1, 0.15) is 21.5 Å². The SMILES string of the molecule is Cc1ccc(F)c(C=O)c1C#CCBr. The van der Waals surface area contributed by atoms with Crippen molar-refractivity contribution >= 4 is 22.2 Å². The van der Waals surface area contributed by atoms with E-state index in [0.29, 0.717) is 17.2 Å². The number of rotatable bonds is 1. The second-order valence-corrected chi connectivity index (χ2v) is 3.27. The summed E-state index contributed by atoms with van der Waals surface area (Å²) in [6, 6.07) is 2.89. The van der Waals surface area contributed by atoms with Gasteiger partial charge in [0.15, 0.2) is 6.29 Å². The van der Waals surface area contributed by atoms with Crippen LogP contribution in [0, 0.1) is 24.6 Å². The number of hydrogen-bond acceptors (Lipinski definition) is 1. The van der Waals surface area contributed by atoms with Gasteiger partial charge in [0, 0.05) is 5.56 Å². The third kappa shape index (κ3) is 2.21. The highest BCUT2D eigenvalue weighted by Gasteiger charge is 2.08. The van der Waals surface area contributed by atoms with E-state index in [4.69, 9.17) is 0 Å². The number of carbonyl (C=O) groups is 1. The van der Waals surface area contributed by atoms with E-state index in [1.807, 2.05) is 0 Å². The van der Waals surface area contributed by atoms with E-state index in [1.54, 1.807) is 13.0 Å². The lowest BCUT2D eigenvalue weighted by Gasteiger charge is -2.02. The van der Waals surface area contributed by atoms with E-state index in [9.17, 15) is 9.18 Å². The summed E-state index contributed by atoms with van der Waals surface area (Å²) in [6.07, 6.45) is 0.501. The van der Waals surface area contributed by atoms with Gasteiger partial charge in [-0.05, 0) is 18.6 Å². The second kappa shape index (κ2) is 4.92. The molecular weight excluding hydrogens is 247 g/mol. The van der Waals surface area contributed by atoms with Crippen LogP contribution in [-0.2, 0) is 0 Å². The lowest BCUT2D eigenvalue weighted by atomic mass is 10.0. The van der Waals surface area contributed by atoms with Gasteiger partial charge in [0.05, 0.1) is 10.9 Å². The first-order valence-electron chi connectivity index (χ1n) is 3.99. The zero-order valence-electron chi connectivity index (χ0n) is 7.60. The zero-order valence-corrected chi connectivity index (χ0v) is 9.19. The number of carbonyl (C=O) groups excluding carboxylic acids is 1. The van der Waals surface area contributed by atoms with Crippen molar-refractivity contribution in [2.24, 2.45) is 0 Å². The van der Waals surface area contributed by atoms with Gasteiger partial charge in [-0.3, -0.25) is 4.79 Å². The predicted octanol–water partition coefficient (Wildman–Crippen LogP) is 2.69. The van der Waals surface area contributed by atoms with Gasteiger partial charge in [-0.25, -0.2) is 4.39 Å². The summed E-state index contributed by atoms with van der Waals surface area (Å²) in [7, 11) is 0. The molecule has 0 aliphatic carbocycles. The second-order valence-electron chi connectivity index (χ2n) is 2.71. The Labute approximate surface area is 90.4 Å². The van der Waals surface area contributed by atoms with Gasteiger partial charge in [-0.2, -0.15) is 0 Å². The maximum atomic E-state index is 13.1. The highest BCUT2D eigenvalue weighted by Crippen LogP contribution is 2.15. The van der Waals surface area contributed by atoms with Crippen molar-refractivity contribution in [3.05, 3.63) is 34.6 Å². The van der Waals surface area contributed by atoms with Crippen LogP contribution in [0.25, 0.3) is 0 Å². The first-order valence-corrected chi connectivity index (χ1v) is 5.12. The van der Waals surface area contributed by atoms with E-state index in [2.05, 4.69) is 27.8 Å². The molecular formula is C11H8BrFO. The van der Waals surface area contributed by atoms with Crippen LogP contribution >= 0.6 is 15.9 Å². The maximum Gasteiger partial charge on any atom is 0.154 e. The van der Waals surface area contributed by atoms with E-state index < -0.39 is 5.82 Å². The van der Waals surface area contributed by atoms with Crippen molar-refractivity contribution in [2.45, 2.75) is 6.92 Å². The molecule has 72 valence electrons. The van der Waals surface area contributed by atoms with Crippen molar-refractivity contribution in [3.8, 4) is 11.8 Å². The van der Waals surface area contributed by atoms with Crippen LogP contribution in [0.5, 0.6) is 0 Å². The zero-order chi connectivity index (χ0) is 10.6. The van der Waals surface area contributed by atoms with Crippen LogP contribution in [0.15, 0.2) is 12.1 Å². The molecule has 1 aromatic rings. The molecule has 0 unspecified atom stereocenters. The van der Waals surface area contributed by atoms with Crippen LogP contribution in [-0.4, -0.2) is 11.6 Å². The molecule has 1 aromatic carbocycles. The van der Waals surface area contributed by atoms with Crippen molar-refractivity contribution in [1.82, 2.24) is 0 Å². The molecule has 0 aliphatic rings. The monoisotopic (exact) mass is 254 g/mol. The molecule has 0 atom stereocenters. The Morgan fingerprint density at radius 2 is 2.29 bits per heavy atom. The Kier molecular flexibility index (Phi) is 3.84. The van der Waals surface area contributed by atoms with Gasteiger partial charge in [-0.15, -0.1) is 0 Å². The highest BCUT2D eigenvalue weighted by molar-refractivity contribution is 9.09. The topological polar surface area (TPSA) is 17.1 Å². The number of aldehydes is 1. The largest absolute Gasteiger partial charge is 0.298 e. The Bertz CT molecular complexity index is 415. The van der Waals surface area contributed by atoms with E-state index in [1.165, 1.54) is 6.07 Å². The minimum Gasteiger partial charge on any atom is -0.298 e. The van der Waals surface area contributed by atoms with E-state index >= 15 is 0 Å². The third-order valence-corrected chi connectivity index (χ3v) is 2.08. The fraction of sp³-hybridized carbons (Fsp3) is 0.182. The molecule has 14 heavy (non-hydrogen) atoms. The standard InChI is InChI=1S/C11H8BrFO/c1-8-4-5-11(13)10(7-14)9(8)3-2-6-12/h4-5,7H,6H2,1H3. The average Bonchev–Trinajstić information content (AvgIpc) is 2.19. The molecule has 0 fully saturated rings. The minimum absolute atomic E-state index is 0.0402. The molecule has 1 nitrogen and oxygen atoms in total. The molecule has 1 rings (SSSR count). The predicted molar refractivity (Wildman–Crippen MR) is 57.2 cm³/mol. The normalized spacial score (nSPS) is 9.07. The summed E-state index contributed by atoms with van der Waals surface area (Å²) in [6.45, 7) is 1.80. The molecule has 0 amide bonds. The lowest BCUT2D eigenvalue weighted by Crippen LogP contribution is -1.96. The molecule has 0 aromatic heterocycles. The summed E-state index contributed by atoms with van der Waals surface area (Å²) in [5.41, 5.74) is 1.32. The molecule has 0 saturated carbocycles. The lowest BCUT2D eigenvalue weighted by molar-refractivity contribution is 0.111. The van der Waals surface area contributed by atoms with Crippen molar-refractivity contribution < 1.29 is 9.18 Å². The van der Waals surface area contributed by atoms with Gasteiger partial charge >= 0.3 is 0 Å². The van der Waals surface area contributed by atoms with Crippen LogP contribution in [0.2, 0.25) is 0 Å². The molecule has 0 N–H and O–H groups in total. The summed E-state index contributed by atoms with van der Waals surface area (Å²) in [5.74, 6) is 4.98. The third-order valence-electron chi connectivity index (χ3n) is 1.80. The Morgan fingerprint density at radius 3 is 2.86 bits per heavy atom. The van der Waals surface area contributed by atoms with Gasteiger partial charge in [0.1, 0.15) is 5.82 Å². The van der Waals surface area contributed by atoms with Crippen molar-refractivity contribution in [1.29, 1.82) is 0 Å². The molecule has 0 bridgehead atoms. The Balaban J connectivity index is 3.37. The molecule has 0 heterocycles. The van der Waals surface area contributed by atoms with E-state index in [0.717, 1.165) is 5.56 Å². The minimum atomic E-state index is -0.524. The van der Waals surface area contributed by atoms with Gasteiger partial charge < -0.3 is 0 Å². The first-order chi connectivity index (χ1) is 6.70. The van der Waals surface area contributed by atoms with Gasteiger partial charge in [-0.1, -0.05) is 33.8 Å². The van der Waals surface area contributed by atoms with Crippen LogP contribution in [0.4, 0.5) is 4.39 Å². The fourth-order valence-corrected chi connectivity index (χ4v) is 1.25. The number of benzene rings is 1. The smallest absolute Gasteiger partial charge is 0.154 e. The quantitative estimate of drug-likeness (QED) is 0.428. The average molecular weight is 255 g/mol. The Morgan fingerprint density at radius 1 is 1.57 bits per heavy atom. The summed E-state index contributed by atoms with van der Waals surface area (Å²) in [5, 5.41) is 0.501. The molecule has 0 radical (unpaired) electrons. The maximum absolute atomic E-state index is 13.1. The highest BCUT2D eigenvalue weighted by atomic mass is 79.9.